The molecule has 1 aromatic heterocycles. The van der Waals surface area contributed by atoms with Gasteiger partial charge in [-0.3, -0.25) is 9.59 Å². The number of piperidine rings is 1. The molecular formula is C18H22N2O2. The number of hydrogen-bond donors (Lipinski definition) is 1. The van der Waals surface area contributed by atoms with E-state index in [0.29, 0.717) is 12.1 Å². The summed E-state index contributed by atoms with van der Waals surface area (Å²) in [5.74, 6) is -0.727. The number of H-pyrrole nitrogens is 1. The Labute approximate surface area is 130 Å². The molecule has 116 valence electrons. The van der Waals surface area contributed by atoms with Crippen LogP contribution in [0, 0.1) is 6.92 Å². The molecule has 22 heavy (non-hydrogen) atoms. The van der Waals surface area contributed by atoms with Gasteiger partial charge in [-0.25, -0.2) is 0 Å². The van der Waals surface area contributed by atoms with Gasteiger partial charge in [-0.1, -0.05) is 25.1 Å². The minimum atomic E-state index is -0.379. The van der Waals surface area contributed by atoms with Crippen molar-refractivity contribution in [3.8, 4) is 0 Å². The van der Waals surface area contributed by atoms with E-state index in [0.717, 1.165) is 42.3 Å². The summed E-state index contributed by atoms with van der Waals surface area (Å²) < 4.78 is 0. The zero-order valence-corrected chi connectivity index (χ0v) is 13.2. The summed E-state index contributed by atoms with van der Waals surface area (Å²) in [7, 11) is 0. The number of aryl methyl sites for hydroxylation is 1. The summed E-state index contributed by atoms with van der Waals surface area (Å²) in [5.41, 5.74) is 2.20. The highest BCUT2D eigenvalue weighted by molar-refractivity contribution is 6.45. The number of ketones is 1. The molecule has 1 N–H and O–H groups in total. The molecule has 0 radical (unpaired) electrons. The largest absolute Gasteiger partial charge is 0.358 e. The Balaban J connectivity index is 1.95. The summed E-state index contributed by atoms with van der Waals surface area (Å²) in [6.07, 6.45) is 4.04. The number of Topliss-reactive ketones (excluding diaryl/α,β-unsaturated/α-hetero) is 1. The van der Waals surface area contributed by atoms with E-state index >= 15 is 0 Å². The van der Waals surface area contributed by atoms with E-state index in [1.807, 2.05) is 31.2 Å². The van der Waals surface area contributed by atoms with Crippen molar-refractivity contribution in [3.63, 3.8) is 0 Å². The Morgan fingerprint density at radius 3 is 2.82 bits per heavy atom. The molecule has 2 aromatic rings. The second-order valence-corrected chi connectivity index (χ2v) is 6.06. The van der Waals surface area contributed by atoms with E-state index in [9.17, 15) is 9.59 Å². The van der Waals surface area contributed by atoms with Crippen LogP contribution in [-0.4, -0.2) is 34.2 Å². The molecule has 1 saturated heterocycles. The fourth-order valence-electron chi connectivity index (χ4n) is 3.50. The Hall–Kier alpha value is -2.10. The van der Waals surface area contributed by atoms with Crippen LogP contribution in [0.1, 0.15) is 48.7 Å². The molecule has 0 saturated carbocycles. The van der Waals surface area contributed by atoms with Crippen molar-refractivity contribution in [1.29, 1.82) is 0 Å². The average Bonchev–Trinajstić information content (AvgIpc) is 2.89. The quantitative estimate of drug-likeness (QED) is 0.697. The Kier molecular flexibility index (Phi) is 4.01. The third kappa shape index (κ3) is 2.43. The lowest BCUT2D eigenvalue weighted by Gasteiger charge is -2.34. The number of likely N-dealkylation sites (tertiary alicyclic amines) is 1. The van der Waals surface area contributed by atoms with Gasteiger partial charge in [-0.15, -0.1) is 0 Å². The molecule has 1 atom stereocenters. The summed E-state index contributed by atoms with van der Waals surface area (Å²) in [6, 6.07) is 7.85. The number of rotatable bonds is 3. The maximum atomic E-state index is 12.8. The van der Waals surface area contributed by atoms with Crippen LogP contribution in [0.25, 0.3) is 10.9 Å². The van der Waals surface area contributed by atoms with Gasteiger partial charge < -0.3 is 9.88 Å². The van der Waals surface area contributed by atoms with Crippen molar-refractivity contribution in [2.75, 3.05) is 6.54 Å². The van der Waals surface area contributed by atoms with E-state index in [4.69, 9.17) is 0 Å². The van der Waals surface area contributed by atoms with Crippen molar-refractivity contribution in [1.82, 2.24) is 9.88 Å². The van der Waals surface area contributed by atoms with Crippen molar-refractivity contribution < 1.29 is 9.59 Å². The number of para-hydroxylation sites is 1. The van der Waals surface area contributed by atoms with Crippen LogP contribution in [0.4, 0.5) is 0 Å². The fraction of sp³-hybridized carbons (Fsp3) is 0.444. The third-order valence-corrected chi connectivity index (χ3v) is 4.67. The summed E-state index contributed by atoms with van der Waals surface area (Å²) in [5, 5.41) is 0.836. The number of aromatic nitrogens is 1. The first-order chi connectivity index (χ1) is 10.6. The monoisotopic (exact) mass is 298 g/mol. The molecular weight excluding hydrogens is 276 g/mol. The first-order valence-electron chi connectivity index (χ1n) is 8.06. The van der Waals surface area contributed by atoms with Crippen molar-refractivity contribution in [3.05, 3.63) is 35.5 Å². The SMILES string of the molecule is CC[C@H]1CCCCN1C(=O)C(=O)c1c(C)[nH]c2ccccc12. The van der Waals surface area contributed by atoms with Crippen LogP contribution < -0.4 is 0 Å². The predicted molar refractivity (Wildman–Crippen MR) is 87.0 cm³/mol. The number of benzene rings is 1. The number of amides is 1. The van der Waals surface area contributed by atoms with E-state index in [1.165, 1.54) is 0 Å². The fourth-order valence-corrected chi connectivity index (χ4v) is 3.50. The standard InChI is InChI=1S/C18H22N2O2/c1-3-13-8-6-7-11-20(13)18(22)17(21)16-12(2)19-15-10-5-4-9-14(15)16/h4-5,9-10,13,19H,3,6-8,11H2,1-2H3/t13-/m0/s1. The lowest BCUT2D eigenvalue weighted by atomic mass is 9.98. The Bertz CT molecular complexity index is 717. The molecule has 0 bridgehead atoms. The number of fused-ring (bicyclic) bond motifs is 1. The number of nitrogens with zero attached hydrogens (tertiary/aromatic N) is 1. The Morgan fingerprint density at radius 1 is 1.27 bits per heavy atom. The molecule has 1 aromatic carbocycles. The first-order valence-corrected chi connectivity index (χ1v) is 8.06. The highest BCUT2D eigenvalue weighted by atomic mass is 16.2. The van der Waals surface area contributed by atoms with Crippen LogP contribution in [0.5, 0.6) is 0 Å². The van der Waals surface area contributed by atoms with Gasteiger partial charge in [0.1, 0.15) is 0 Å². The average molecular weight is 298 g/mol. The van der Waals surface area contributed by atoms with Gasteiger partial charge in [-0.2, -0.15) is 0 Å². The molecule has 0 aliphatic carbocycles. The third-order valence-electron chi connectivity index (χ3n) is 4.67. The number of nitrogens with one attached hydrogen (secondary N) is 1. The Morgan fingerprint density at radius 2 is 2.05 bits per heavy atom. The molecule has 0 unspecified atom stereocenters. The number of carbonyl (C=O) groups excluding carboxylic acids is 2. The molecule has 3 rings (SSSR count). The van der Waals surface area contributed by atoms with Crippen LogP contribution in [0.15, 0.2) is 24.3 Å². The van der Waals surface area contributed by atoms with E-state index in [-0.39, 0.29) is 17.7 Å². The van der Waals surface area contributed by atoms with Crippen LogP contribution >= 0.6 is 0 Å². The van der Waals surface area contributed by atoms with E-state index in [1.54, 1.807) is 4.90 Å². The van der Waals surface area contributed by atoms with Crippen LogP contribution in [0.2, 0.25) is 0 Å². The minimum absolute atomic E-state index is 0.204. The highest BCUT2D eigenvalue weighted by Gasteiger charge is 2.32. The maximum absolute atomic E-state index is 12.8. The van der Waals surface area contributed by atoms with E-state index < -0.39 is 0 Å². The lowest BCUT2D eigenvalue weighted by molar-refractivity contribution is -0.130. The summed E-state index contributed by atoms with van der Waals surface area (Å²) >= 11 is 0. The first kappa shape index (κ1) is 14.8. The summed E-state index contributed by atoms with van der Waals surface area (Å²) in [4.78, 5) is 30.5. The smallest absolute Gasteiger partial charge is 0.295 e. The second-order valence-electron chi connectivity index (χ2n) is 6.06. The van der Waals surface area contributed by atoms with Gasteiger partial charge in [-0.05, 0) is 38.7 Å². The highest BCUT2D eigenvalue weighted by Crippen LogP contribution is 2.25. The number of aromatic amines is 1. The minimum Gasteiger partial charge on any atom is -0.358 e. The predicted octanol–water partition coefficient (Wildman–Crippen LogP) is 3.45. The number of hydrogen-bond acceptors (Lipinski definition) is 2. The number of carbonyl (C=O) groups is 2. The van der Waals surface area contributed by atoms with Gasteiger partial charge >= 0.3 is 0 Å². The maximum Gasteiger partial charge on any atom is 0.295 e. The van der Waals surface area contributed by atoms with E-state index in [2.05, 4.69) is 11.9 Å². The topological polar surface area (TPSA) is 53.2 Å². The van der Waals surface area contributed by atoms with Gasteiger partial charge in [0.15, 0.2) is 0 Å². The molecule has 1 fully saturated rings. The van der Waals surface area contributed by atoms with Crippen LogP contribution in [-0.2, 0) is 4.79 Å². The van der Waals surface area contributed by atoms with Gasteiger partial charge in [0.25, 0.3) is 11.7 Å². The van der Waals surface area contributed by atoms with Crippen molar-refractivity contribution in [2.24, 2.45) is 0 Å². The molecule has 2 heterocycles. The molecule has 4 heteroatoms. The lowest BCUT2D eigenvalue weighted by Crippen LogP contribution is -2.46. The molecule has 4 nitrogen and oxygen atoms in total. The molecule has 0 spiro atoms. The van der Waals surface area contributed by atoms with Crippen molar-refractivity contribution >= 4 is 22.6 Å². The normalized spacial score (nSPS) is 18.6. The second kappa shape index (κ2) is 5.95. The zero-order chi connectivity index (χ0) is 15.7. The summed E-state index contributed by atoms with van der Waals surface area (Å²) in [6.45, 7) is 4.64. The molecule has 1 aliphatic rings. The zero-order valence-electron chi connectivity index (χ0n) is 13.2. The van der Waals surface area contributed by atoms with Gasteiger partial charge in [0.2, 0.25) is 0 Å². The van der Waals surface area contributed by atoms with Gasteiger partial charge in [0.05, 0.1) is 5.56 Å². The van der Waals surface area contributed by atoms with Crippen LogP contribution in [0.3, 0.4) is 0 Å². The van der Waals surface area contributed by atoms with Crippen molar-refractivity contribution in [2.45, 2.75) is 45.6 Å². The molecule has 1 amide bonds. The molecule has 1 aliphatic heterocycles. The van der Waals surface area contributed by atoms with Gasteiger partial charge in [0, 0.05) is 29.2 Å².